The second kappa shape index (κ2) is 4.02. The molecule has 1 aromatic carbocycles. The summed E-state index contributed by atoms with van der Waals surface area (Å²) in [5.74, 6) is -0.996. The van der Waals surface area contributed by atoms with Gasteiger partial charge in [0.25, 0.3) is 0 Å². The number of carbonyl (C=O) groups is 1. The van der Waals surface area contributed by atoms with Gasteiger partial charge in [0.05, 0.1) is 5.56 Å². The van der Waals surface area contributed by atoms with Gasteiger partial charge >= 0.3 is 5.97 Å². The Morgan fingerprint density at radius 3 is 2.69 bits per heavy atom. The van der Waals surface area contributed by atoms with Crippen LogP contribution in [0.4, 0.5) is 5.69 Å². The number of benzene rings is 1. The smallest absolute Gasteiger partial charge is 0.337 e. The van der Waals surface area contributed by atoms with Crippen LogP contribution in [0.25, 0.3) is 11.1 Å². The number of aromatic carboxylic acids is 1. The van der Waals surface area contributed by atoms with Crippen LogP contribution < -0.4 is 5.73 Å². The Bertz CT molecular complexity index is 538. The molecule has 0 aliphatic heterocycles. The Kier molecular flexibility index (Phi) is 2.55. The quantitative estimate of drug-likeness (QED) is 0.750. The number of hydrogen-bond acceptors (Lipinski definition) is 3. The summed E-state index contributed by atoms with van der Waals surface area (Å²) in [5.41, 5.74) is 8.06. The molecule has 4 heteroatoms. The maximum Gasteiger partial charge on any atom is 0.337 e. The van der Waals surface area contributed by atoms with Gasteiger partial charge in [0.2, 0.25) is 0 Å². The summed E-state index contributed by atoms with van der Waals surface area (Å²) in [4.78, 5) is 14.7. The molecule has 1 heterocycles. The summed E-state index contributed by atoms with van der Waals surface area (Å²) in [6, 6.07) is 8.83. The minimum absolute atomic E-state index is 0.153. The molecule has 0 amide bonds. The lowest BCUT2D eigenvalue weighted by Crippen LogP contribution is -1.98. The van der Waals surface area contributed by atoms with Crippen molar-refractivity contribution in [1.29, 1.82) is 0 Å². The number of carboxylic acids is 1. The van der Waals surface area contributed by atoms with Gasteiger partial charge in [-0.25, -0.2) is 4.79 Å². The van der Waals surface area contributed by atoms with Crippen LogP contribution in [0.5, 0.6) is 0 Å². The maximum atomic E-state index is 10.8. The molecule has 0 saturated heterocycles. The molecule has 0 spiro atoms. The van der Waals surface area contributed by atoms with E-state index in [1.54, 1.807) is 18.3 Å². The monoisotopic (exact) mass is 214 g/mol. The van der Waals surface area contributed by atoms with Crippen LogP contribution in [-0.4, -0.2) is 16.1 Å². The largest absolute Gasteiger partial charge is 0.478 e. The number of pyridine rings is 1. The van der Waals surface area contributed by atoms with Gasteiger partial charge < -0.3 is 10.8 Å². The van der Waals surface area contributed by atoms with E-state index in [1.165, 1.54) is 6.20 Å². The Morgan fingerprint density at radius 1 is 1.25 bits per heavy atom. The van der Waals surface area contributed by atoms with Crippen molar-refractivity contribution in [1.82, 2.24) is 4.98 Å². The number of anilines is 1. The Balaban J connectivity index is 2.53. The van der Waals surface area contributed by atoms with Gasteiger partial charge in [-0.3, -0.25) is 4.98 Å². The highest BCUT2D eigenvalue weighted by molar-refractivity contribution is 5.89. The molecule has 1 aromatic heterocycles. The standard InChI is InChI=1S/C12H10N2O2/c13-11-4-2-1-3-10(11)8-5-9(12(15)16)7-14-6-8/h1-7H,13H2,(H,15,16). The molecule has 80 valence electrons. The number of nitrogens with two attached hydrogens (primary N) is 1. The summed E-state index contributed by atoms with van der Waals surface area (Å²) in [5, 5.41) is 8.85. The number of para-hydroxylation sites is 1. The Hall–Kier alpha value is -2.36. The molecule has 0 bridgehead atoms. The average molecular weight is 214 g/mol. The predicted octanol–water partition coefficient (Wildman–Crippen LogP) is 2.03. The zero-order valence-corrected chi connectivity index (χ0v) is 8.42. The van der Waals surface area contributed by atoms with Crippen LogP contribution >= 0.6 is 0 Å². The highest BCUT2D eigenvalue weighted by atomic mass is 16.4. The molecule has 0 aliphatic carbocycles. The molecule has 2 rings (SSSR count). The lowest BCUT2D eigenvalue weighted by Gasteiger charge is -2.05. The van der Waals surface area contributed by atoms with Gasteiger partial charge in [-0.2, -0.15) is 0 Å². The summed E-state index contributed by atoms with van der Waals surface area (Å²) in [6.45, 7) is 0. The van der Waals surface area contributed by atoms with Gasteiger partial charge in [-0.15, -0.1) is 0 Å². The summed E-state index contributed by atoms with van der Waals surface area (Å²) < 4.78 is 0. The third kappa shape index (κ3) is 1.86. The topological polar surface area (TPSA) is 76.2 Å². The van der Waals surface area contributed by atoms with Crippen LogP contribution in [-0.2, 0) is 0 Å². The molecule has 0 saturated carbocycles. The van der Waals surface area contributed by atoms with Crippen molar-refractivity contribution in [3.8, 4) is 11.1 Å². The van der Waals surface area contributed by atoms with E-state index >= 15 is 0 Å². The molecule has 3 N–H and O–H groups in total. The minimum Gasteiger partial charge on any atom is -0.478 e. The second-order valence-corrected chi connectivity index (χ2v) is 3.35. The van der Waals surface area contributed by atoms with Gasteiger partial charge in [0.15, 0.2) is 0 Å². The van der Waals surface area contributed by atoms with Crippen molar-refractivity contribution in [2.24, 2.45) is 0 Å². The average Bonchev–Trinajstić information content (AvgIpc) is 2.30. The molecule has 0 radical (unpaired) electrons. The number of carboxylic acid groups (broad SMARTS) is 1. The van der Waals surface area contributed by atoms with E-state index in [9.17, 15) is 4.79 Å². The molecular weight excluding hydrogens is 204 g/mol. The van der Waals surface area contributed by atoms with Crippen LogP contribution in [0.3, 0.4) is 0 Å². The zero-order valence-electron chi connectivity index (χ0n) is 8.42. The van der Waals surface area contributed by atoms with Crippen LogP contribution in [0.15, 0.2) is 42.7 Å². The summed E-state index contributed by atoms with van der Waals surface area (Å²) in [7, 11) is 0. The first kappa shape index (κ1) is 10.2. The molecular formula is C12H10N2O2. The van der Waals surface area contributed by atoms with E-state index < -0.39 is 5.97 Å². The molecule has 0 aliphatic rings. The van der Waals surface area contributed by atoms with E-state index in [4.69, 9.17) is 10.8 Å². The van der Waals surface area contributed by atoms with Crippen molar-refractivity contribution < 1.29 is 9.90 Å². The first-order valence-corrected chi connectivity index (χ1v) is 4.71. The lowest BCUT2D eigenvalue weighted by molar-refractivity contribution is 0.0696. The molecule has 16 heavy (non-hydrogen) atoms. The number of hydrogen-bond donors (Lipinski definition) is 2. The fourth-order valence-corrected chi connectivity index (χ4v) is 1.46. The van der Waals surface area contributed by atoms with E-state index in [1.807, 2.05) is 18.2 Å². The number of nitrogens with zero attached hydrogens (tertiary/aromatic N) is 1. The van der Waals surface area contributed by atoms with Crippen molar-refractivity contribution >= 4 is 11.7 Å². The third-order valence-corrected chi connectivity index (χ3v) is 2.26. The Morgan fingerprint density at radius 2 is 2.00 bits per heavy atom. The fraction of sp³-hybridized carbons (Fsp3) is 0. The Labute approximate surface area is 92.4 Å². The second-order valence-electron chi connectivity index (χ2n) is 3.35. The number of nitrogen functional groups attached to an aromatic ring is 1. The SMILES string of the molecule is Nc1ccccc1-c1cncc(C(=O)O)c1. The molecule has 0 fully saturated rings. The van der Waals surface area contributed by atoms with E-state index in [2.05, 4.69) is 4.98 Å². The first-order chi connectivity index (χ1) is 7.68. The van der Waals surface area contributed by atoms with Gasteiger partial charge in [0, 0.05) is 29.2 Å². The van der Waals surface area contributed by atoms with E-state index in [0.717, 1.165) is 5.56 Å². The molecule has 0 unspecified atom stereocenters. The van der Waals surface area contributed by atoms with E-state index in [0.29, 0.717) is 11.3 Å². The first-order valence-electron chi connectivity index (χ1n) is 4.71. The van der Waals surface area contributed by atoms with Crippen LogP contribution in [0, 0.1) is 0 Å². The van der Waals surface area contributed by atoms with Crippen molar-refractivity contribution in [2.45, 2.75) is 0 Å². The lowest BCUT2D eigenvalue weighted by atomic mass is 10.0. The predicted molar refractivity (Wildman–Crippen MR) is 61.0 cm³/mol. The summed E-state index contributed by atoms with van der Waals surface area (Å²) >= 11 is 0. The minimum atomic E-state index is -0.996. The van der Waals surface area contributed by atoms with Crippen molar-refractivity contribution in [3.63, 3.8) is 0 Å². The summed E-state index contributed by atoms with van der Waals surface area (Å²) in [6.07, 6.45) is 2.91. The van der Waals surface area contributed by atoms with Gasteiger partial charge in [-0.05, 0) is 12.1 Å². The number of aromatic nitrogens is 1. The molecule has 4 nitrogen and oxygen atoms in total. The fourth-order valence-electron chi connectivity index (χ4n) is 1.46. The van der Waals surface area contributed by atoms with Gasteiger partial charge in [0.1, 0.15) is 0 Å². The number of rotatable bonds is 2. The third-order valence-electron chi connectivity index (χ3n) is 2.26. The van der Waals surface area contributed by atoms with E-state index in [-0.39, 0.29) is 5.56 Å². The van der Waals surface area contributed by atoms with Crippen molar-refractivity contribution in [2.75, 3.05) is 5.73 Å². The highest BCUT2D eigenvalue weighted by Gasteiger charge is 2.07. The van der Waals surface area contributed by atoms with Crippen LogP contribution in [0.2, 0.25) is 0 Å². The normalized spacial score (nSPS) is 10.0. The maximum absolute atomic E-state index is 10.8. The zero-order chi connectivity index (χ0) is 11.5. The van der Waals surface area contributed by atoms with Crippen molar-refractivity contribution in [3.05, 3.63) is 48.3 Å². The van der Waals surface area contributed by atoms with Gasteiger partial charge in [-0.1, -0.05) is 18.2 Å². The molecule has 0 atom stereocenters. The van der Waals surface area contributed by atoms with Crippen LogP contribution in [0.1, 0.15) is 10.4 Å². The molecule has 2 aromatic rings. The highest BCUT2D eigenvalue weighted by Crippen LogP contribution is 2.25.